The second-order valence-electron chi connectivity index (χ2n) is 4.40. The molecule has 0 aromatic carbocycles. The van der Waals surface area contributed by atoms with Crippen LogP contribution in [0.25, 0.3) is 0 Å². The first-order valence-electron chi connectivity index (χ1n) is 6.29. The molecule has 1 aliphatic heterocycles. The summed E-state index contributed by atoms with van der Waals surface area (Å²) in [5.41, 5.74) is 6.71. The highest BCUT2D eigenvalue weighted by Crippen LogP contribution is 2.16. The third kappa shape index (κ3) is 3.74. The van der Waals surface area contributed by atoms with Crippen molar-refractivity contribution in [2.75, 3.05) is 19.7 Å². The van der Waals surface area contributed by atoms with Gasteiger partial charge in [0.05, 0.1) is 11.8 Å². The van der Waals surface area contributed by atoms with Crippen LogP contribution in [0.15, 0.2) is 5.38 Å². The smallest absolute Gasteiger partial charge is 0.106 e. The molecule has 17 heavy (non-hydrogen) atoms. The molecule has 2 heterocycles. The van der Waals surface area contributed by atoms with Crippen LogP contribution in [-0.4, -0.2) is 35.7 Å². The van der Waals surface area contributed by atoms with E-state index in [0.29, 0.717) is 12.6 Å². The van der Waals surface area contributed by atoms with E-state index < -0.39 is 0 Å². The van der Waals surface area contributed by atoms with Crippen molar-refractivity contribution in [3.8, 4) is 0 Å². The first kappa shape index (κ1) is 13.0. The Morgan fingerprint density at radius 1 is 1.65 bits per heavy atom. The first-order chi connectivity index (χ1) is 8.31. The zero-order valence-corrected chi connectivity index (χ0v) is 11.2. The highest BCUT2D eigenvalue weighted by atomic mass is 32.1. The van der Waals surface area contributed by atoms with E-state index in [4.69, 9.17) is 10.5 Å². The van der Waals surface area contributed by atoms with Crippen molar-refractivity contribution < 1.29 is 4.74 Å². The average Bonchev–Trinajstić information content (AvgIpc) is 2.99. The summed E-state index contributed by atoms with van der Waals surface area (Å²) in [6.45, 7) is 6.62. The van der Waals surface area contributed by atoms with Gasteiger partial charge >= 0.3 is 0 Å². The van der Waals surface area contributed by atoms with Crippen LogP contribution in [-0.2, 0) is 17.8 Å². The second-order valence-corrected chi connectivity index (χ2v) is 5.34. The lowest BCUT2D eigenvalue weighted by molar-refractivity contribution is 0.0721. The fourth-order valence-electron chi connectivity index (χ4n) is 2.13. The molecule has 0 radical (unpaired) electrons. The van der Waals surface area contributed by atoms with Gasteiger partial charge in [-0.1, -0.05) is 6.92 Å². The Hall–Kier alpha value is -0.490. The Morgan fingerprint density at radius 3 is 3.12 bits per heavy atom. The molecular weight excluding hydrogens is 234 g/mol. The predicted molar refractivity (Wildman–Crippen MR) is 69.9 cm³/mol. The van der Waals surface area contributed by atoms with Crippen molar-refractivity contribution in [3.05, 3.63) is 16.1 Å². The Kier molecular flexibility index (Phi) is 4.91. The van der Waals surface area contributed by atoms with E-state index in [1.807, 2.05) is 0 Å². The number of nitrogens with zero attached hydrogens (tertiary/aromatic N) is 2. The number of ether oxygens (including phenoxy) is 1. The maximum absolute atomic E-state index is 5.67. The van der Waals surface area contributed by atoms with Crippen LogP contribution >= 0.6 is 11.3 Å². The van der Waals surface area contributed by atoms with Gasteiger partial charge in [0.1, 0.15) is 5.01 Å². The minimum atomic E-state index is 0.419. The number of hydrogen-bond donors (Lipinski definition) is 1. The van der Waals surface area contributed by atoms with E-state index in [2.05, 4.69) is 22.2 Å². The minimum Gasteiger partial charge on any atom is -0.377 e. The molecule has 5 heteroatoms. The number of thiazole rings is 1. The molecule has 2 rings (SSSR count). The topological polar surface area (TPSA) is 51.4 Å². The fraction of sp³-hybridized carbons (Fsp3) is 0.750. The average molecular weight is 255 g/mol. The summed E-state index contributed by atoms with van der Waals surface area (Å²) < 4.78 is 5.67. The van der Waals surface area contributed by atoms with Gasteiger partial charge in [0.25, 0.3) is 0 Å². The zero-order valence-electron chi connectivity index (χ0n) is 10.4. The molecule has 1 atom stereocenters. The van der Waals surface area contributed by atoms with Gasteiger partial charge in [-0.2, -0.15) is 0 Å². The number of likely N-dealkylation sites (N-methyl/N-ethyl adjacent to an activating group) is 1. The Morgan fingerprint density at radius 2 is 2.53 bits per heavy atom. The standard InChI is InChI=1S/C12H21N3OS/c1-2-15(8-11-4-3-5-16-11)7-10-9-17-12(6-13)14-10/h9,11H,2-8,13H2,1H3. The highest BCUT2D eigenvalue weighted by Gasteiger charge is 2.18. The summed E-state index contributed by atoms with van der Waals surface area (Å²) in [4.78, 5) is 6.90. The summed E-state index contributed by atoms with van der Waals surface area (Å²) in [5, 5.41) is 3.13. The molecule has 1 unspecified atom stereocenters. The molecule has 1 saturated heterocycles. The van der Waals surface area contributed by atoms with E-state index in [-0.39, 0.29) is 0 Å². The highest BCUT2D eigenvalue weighted by molar-refractivity contribution is 7.09. The van der Waals surface area contributed by atoms with Crippen LogP contribution in [0.2, 0.25) is 0 Å². The molecule has 1 fully saturated rings. The summed E-state index contributed by atoms with van der Waals surface area (Å²) in [6, 6.07) is 0. The quantitative estimate of drug-likeness (QED) is 0.839. The number of hydrogen-bond acceptors (Lipinski definition) is 5. The van der Waals surface area contributed by atoms with Gasteiger partial charge in [0.2, 0.25) is 0 Å². The molecule has 0 amide bonds. The van der Waals surface area contributed by atoms with Crippen molar-refractivity contribution in [1.29, 1.82) is 0 Å². The SMILES string of the molecule is CCN(Cc1csc(CN)n1)CC1CCCO1. The summed E-state index contributed by atoms with van der Waals surface area (Å²) in [7, 11) is 0. The van der Waals surface area contributed by atoms with Crippen molar-refractivity contribution in [2.24, 2.45) is 5.73 Å². The van der Waals surface area contributed by atoms with Gasteiger partial charge in [0.15, 0.2) is 0 Å². The van der Waals surface area contributed by atoms with E-state index in [1.165, 1.54) is 12.8 Å². The molecule has 1 aromatic heterocycles. The van der Waals surface area contributed by atoms with Gasteiger partial charge in [0, 0.05) is 31.6 Å². The minimum absolute atomic E-state index is 0.419. The number of rotatable bonds is 6. The van der Waals surface area contributed by atoms with Crippen molar-refractivity contribution in [1.82, 2.24) is 9.88 Å². The third-order valence-corrected chi connectivity index (χ3v) is 4.01. The zero-order chi connectivity index (χ0) is 12.1. The maximum atomic E-state index is 5.67. The van der Waals surface area contributed by atoms with E-state index in [1.54, 1.807) is 11.3 Å². The summed E-state index contributed by atoms with van der Waals surface area (Å²) >= 11 is 1.65. The normalized spacial score (nSPS) is 20.3. The molecule has 2 N–H and O–H groups in total. The maximum Gasteiger partial charge on any atom is 0.106 e. The van der Waals surface area contributed by atoms with Crippen LogP contribution < -0.4 is 5.73 Å². The van der Waals surface area contributed by atoms with Crippen LogP contribution in [0.1, 0.15) is 30.5 Å². The van der Waals surface area contributed by atoms with Crippen molar-refractivity contribution in [2.45, 2.75) is 39.0 Å². The first-order valence-corrected chi connectivity index (χ1v) is 7.17. The molecule has 1 aromatic rings. The van der Waals surface area contributed by atoms with Crippen molar-refractivity contribution in [3.63, 3.8) is 0 Å². The Bertz CT molecular complexity index is 336. The molecule has 0 spiro atoms. The van der Waals surface area contributed by atoms with Crippen LogP contribution in [0.3, 0.4) is 0 Å². The summed E-state index contributed by atoms with van der Waals surface area (Å²) in [6.07, 6.45) is 2.82. The lowest BCUT2D eigenvalue weighted by Gasteiger charge is -2.22. The fourth-order valence-corrected chi connectivity index (χ4v) is 2.79. The van der Waals surface area contributed by atoms with Gasteiger partial charge < -0.3 is 10.5 Å². The molecule has 1 aliphatic rings. The van der Waals surface area contributed by atoms with Crippen LogP contribution in [0.4, 0.5) is 0 Å². The van der Waals surface area contributed by atoms with Gasteiger partial charge in [-0.15, -0.1) is 11.3 Å². The molecule has 96 valence electrons. The molecule has 0 aliphatic carbocycles. The lowest BCUT2D eigenvalue weighted by atomic mass is 10.2. The lowest BCUT2D eigenvalue weighted by Crippen LogP contribution is -2.31. The van der Waals surface area contributed by atoms with E-state index >= 15 is 0 Å². The predicted octanol–water partition coefficient (Wildman–Crippen LogP) is 1.60. The van der Waals surface area contributed by atoms with Crippen molar-refractivity contribution >= 4 is 11.3 Å². The Balaban J connectivity index is 1.85. The number of nitrogens with two attached hydrogens (primary N) is 1. The third-order valence-electron chi connectivity index (χ3n) is 3.09. The monoisotopic (exact) mass is 255 g/mol. The van der Waals surface area contributed by atoms with Gasteiger partial charge in [-0.05, 0) is 19.4 Å². The summed E-state index contributed by atoms with van der Waals surface area (Å²) in [5.74, 6) is 0. The Labute approximate surface area is 107 Å². The van der Waals surface area contributed by atoms with Gasteiger partial charge in [-0.25, -0.2) is 4.98 Å². The molecule has 0 bridgehead atoms. The van der Waals surface area contributed by atoms with E-state index in [0.717, 1.165) is 36.9 Å². The largest absolute Gasteiger partial charge is 0.377 e. The van der Waals surface area contributed by atoms with Crippen LogP contribution in [0.5, 0.6) is 0 Å². The molecule has 0 saturated carbocycles. The van der Waals surface area contributed by atoms with Crippen LogP contribution in [0, 0.1) is 0 Å². The number of aromatic nitrogens is 1. The molecular formula is C12H21N3OS. The molecule has 4 nitrogen and oxygen atoms in total. The second kappa shape index (κ2) is 6.44. The van der Waals surface area contributed by atoms with E-state index in [9.17, 15) is 0 Å². The van der Waals surface area contributed by atoms with Gasteiger partial charge in [-0.3, -0.25) is 4.90 Å².